The van der Waals surface area contributed by atoms with E-state index in [1.807, 2.05) is 29.2 Å². The van der Waals surface area contributed by atoms with Crippen LogP contribution in [0, 0.1) is 0 Å². The predicted octanol–water partition coefficient (Wildman–Crippen LogP) is 3.16. The summed E-state index contributed by atoms with van der Waals surface area (Å²) in [6.07, 6.45) is 5.13. The van der Waals surface area contributed by atoms with Crippen LogP contribution in [0.15, 0.2) is 24.3 Å². The minimum absolute atomic E-state index is 0.160. The van der Waals surface area contributed by atoms with Gasteiger partial charge in [0, 0.05) is 24.3 Å². The summed E-state index contributed by atoms with van der Waals surface area (Å²) < 4.78 is 5.85. The van der Waals surface area contributed by atoms with E-state index in [1.54, 1.807) is 0 Å². The van der Waals surface area contributed by atoms with Crippen molar-refractivity contribution < 1.29 is 9.53 Å². The molecule has 0 spiro atoms. The zero-order chi connectivity index (χ0) is 13.9. The van der Waals surface area contributed by atoms with Gasteiger partial charge in [0.1, 0.15) is 5.75 Å². The molecule has 1 aromatic carbocycles. The minimum Gasteiger partial charge on any atom is -0.480 e. The monoisotopic (exact) mass is 337 g/mol. The second kappa shape index (κ2) is 6.17. The summed E-state index contributed by atoms with van der Waals surface area (Å²) in [5.74, 6) is 1.03. The molecule has 1 saturated carbocycles. The maximum absolute atomic E-state index is 12.8. The number of para-hydroxylation sites is 1. The lowest BCUT2D eigenvalue weighted by molar-refractivity contribution is -0.139. The van der Waals surface area contributed by atoms with Gasteiger partial charge in [0.05, 0.1) is 0 Å². The molecule has 4 heteroatoms. The third kappa shape index (κ3) is 2.71. The summed E-state index contributed by atoms with van der Waals surface area (Å²) in [7, 11) is 0. The predicted molar refractivity (Wildman–Crippen MR) is 82.3 cm³/mol. The Kier molecular flexibility index (Phi) is 4.29. The largest absolute Gasteiger partial charge is 0.480 e. The SMILES string of the molecule is O=C(C1Cc2ccccc2O1)N(CCBr)C1CCCC1. The molecule has 1 heterocycles. The van der Waals surface area contributed by atoms with E-state index in [0.29, 0.717) is 12.5 Å². The number of fused-ring (bicyclic) bond motifs is 1. The van der Waals surface area contributed by atoms with Gasteiger partial charge in [-0.3, -0.25) is 4.79 Å². The van der Waals surface area contributed by atoms with Gasteiger partial charge in [0.15, 0.2) is 6.10 Å². The number of alkyl halides is 1. The molecule has 108 valence electrons. The fourth-order valence-corrected chi connectivity index (χ4v) is 3.67. The number of halogens is 1. The fourth-order valence-electron chi connectivity index (χ4n) is 3.28. The Labute approximate surface area is 128 Å². The fraction of sp³-hybridized carbons (Fsp3) is 0.562. The molecule has 3 nitrogen and oxygen atoms in total. The van der Waals surface area contributed by atoms with Crippen molar-refractivity contribution in [1.29, 1.82) is 0 Å². The van der Waals surface area contributed by atoms with E-state index in [0.717, 1.165) is 36.0 Å². The molecule has 20 heavy (non-hydrogen) atoms. The lowest BCUT2D eigenvalue weighted by Crippen LogP contribution is -2.47. The first-order chi connectivity index (χ1) is 9.79. The first-order valence-electron chi connectivity index (χ1n) is 7.40. The Bertz CT molecular complexity index is 460. The molecule has 1 aliphatic heterocycles. The highest BCUT2D eigenvalue weighted by Gasteiger charge is 2.35. The van der Waals surface area contributed by atoms with Crippen molar-refractivity contribution in [3.05, 3.63) is 29.8 Å². The number of carbonyl (C=O) groups is 1. The molecule has 1 atom stereocenters. The maximum Gasteiger partial charge on any atom is 0.264 e. The number of benzene rings is 1. The molecular weight excluding hydrogens is 318 g/mol. The molecule has 2 aliphatic rings. The highest BCUT2D eigenvalue weighted by Crippen LogP contribution is 2.31. The Morgan fingerprint density at radius 3 is 2.75 bits per heavy atom. The Balaban J connectivity index is 1.71. The summed E-state index contributed by atoms with van der Waals surface area (Å²) in [5, 5.41) is 0.828. The third-order valence-corrected chi connectivity index (χ3v) is 4.65. The molecule has 0 bridgehead atoms. The van der Waals surface area contributed by atoms with E-state index >= 15 is 0 Å². The van der Waals surface area contributed by atoms with Crippen molar-refractivity contribution in [2.75, 3.05) is 11.9 Å². The van der Waals surface area contributed by atoms with Crippen LogP contribution in [0.2, 0.25) is 0 Å². The normalized spacial score (nSPS) is 21.6. The number of carbonyl (C=O) groups excluding carboxylic acids is 1. The standard InChI is InChI=1S/C16H20BrNO2/c17-9-10-18(13-6-2-3-7-13)16(19)15-11-12-5-1-4-8-14(12)20-15/h1,4-5,8,13,15H,2-3,6-7,9-11H2. The Morgan fingerprint density at radius 1 is 1.30 bits per heavy atom. The van der Waals surface area contributed by atoms with Crippen molar-refractivity contribution in [2.24, 2.45) is 0 Å². The number of nitrogens with zero attached hydrogens (tertiary/aromatic N) is 1. The molecule has 1 fully saturated rings. The zero-order valence-corrected chi connectivity index (χ0v) is 13.1. The van der Waals surface area contributed by atoms with Crippen LogP contribution in [0.1, 0.15) is 31.2 Å². The molecule has 0 N–H and O–H groups in total. The number of hydrogen-bond acceptors (Lipinski definition) is 2. The quantitative estimate of drug-likeness (QED) is 0.790. The molecule has 1 aliphatic carbocycles. The molecule has 1 aromatic rings. The van der Waals surface area contributed by atoms with E-state index in [9.17, 15) is 4.79 Å². The first kappa shape index (κ1) is 13.9. The van der Waals surface area contributed by atoms with E-state index < -0.39 is 0 Å². The maximum atomic E-state index is 12.8. The van der Waals surface area contributed by atoms with Gasteiger partial charge >= 0.3 is 0 Å². The van der Waals surface area contributed by atoms with Crippen molar-refractivity contribution in [3.8, 4) is 5.75 Å². The van der Waals surface area contributed by atoms with E-state index in [2.05, 4.69) is 15.9 Å². The molecule has 0 aromatic heterocycles. The molecule has 0 saturated heterocycles. The summed E-state index contributed by atoms with van der Waals surface area (Å²) in [6, 6.07) is 8.37. The van der Waals surface area contributed by atoms with Crippen molar-refractivity contribution in [2.45, 2.75) is 44.2 Å². The lowest BCUT2D eigenvalue weighted by Gasteiger charge is -2.30. The van der Waals surface area contributed by atoms with Gasteiger partial charge in [-0.05, 0) is 24.5 Å². The highest BCUT2D eigenvalue weighted by atomic mass is 79.9. The van der Waals surface area contributed by atoms with E-state index in [-0.39, 0.29) is 12.0 Å². The van der Waals surface area contributed by atoms with Crippen LogP contribution in [-0.2, 0) is 11.2 Å². The van der Waals surface area contributed by atoms with Gasteiger partial charge in [-0.2, -0.15) is 0 Å². The number of hydrogen-bond donors (Lipinski definition) is 0. The summed E-state index contributed by atoms with van der Waals surface area (Å²) in [4.78, 5) is 14.8. The van der Waals surface area contributed by atoms with Crippen molar-refractivity contribution >= 4 is 21.8 Å². The van der Waals surface area contributed by atoms with Gasteiger partial charge in [0.2, 0.25) is 0 Å². The molecule has 1 unspecified atom stereocenters. The molecule has 0 radical (unpaired) electrons. The molecule has 1 amide bonds. The smallest absolute Gasteiger partial charge is 0.264 e. The summed E-state index contributed by atoms with van der Waals surface area (Å²) in [6.45, 7) is 0.777. The first-order valence-corrected chi connectivity index (χ1v) is 8.53. The van der Waals surface area contributed by atoms with Gasteiger partial charge in [-0.25, -0.2) is 0 Å². The Morgan fingerprint density at radius 2 is 2.05 bits per heavy atom. The topological polar surface area (TPSA) is 29.5 Å². The van der Waals surface area contributed by atoms with E-state index in [1.165, 1.54) is 12.8 Å². The van der Waals surface area contributed by atoms with Crippen LogP contribution < -0.4 is 4.74 Å². The van der Waals surface area contributed by atoms with Crippen LogP contribution in [0.25, 0.3) is 0 Å². The van der Waals surface area contributed by atoms with Crippen LogP contribution in [0.4, 0.5) is 0 Å². The second-order valence-electron chi connectivity index (χ2n) is 5.58. The number of amides is 1. The Hall–Kier alpha value is -1.03. The second-order valence-corrected chi connectivity index (χ2v) is 6.37. The third-order valence-electron chi connectivity index (χ3n) is 4.30. The van der Waals surface area contributed by atoms with Crippen LogP contribution in [-0.4, -0.2) is 34.8 Å². The minimum atomic E-state index is -0.327. The average molecular weight is 338 g/mol. The highest BCUT2D eigenvalue weighted by molar-refractivity contribution is 9.09. The van der Waals surface area contributed by atoms with Crippen LogP contribution >= 0.6 is 15.9 Å². The number of ether oxygens (including phenoxy) is 1. The van der Waals surface area contributed by atoms with Gasteiger partial charge in [-0.15, -0.1) is 0 Å². The number of rotatable bonds is 4. The van der Waals surface area contributed by atoms with E-state index in [4.69, 9.17) is 4.74 Å². The van der Waals surface area contributed by atoms with Crippen LogP contribution in [0.3, 0.4) is 0 Å². The molecule has 3 rings (SSSR count). The van der Waals surface area contributed by atoms with Crippen LogP contribution in [0.5, 0.6) is 5.75 Å². The molecular formula is C16H20BrNO2. The van der Waals surface area contributed by atoms with Gasteiger partial charge in [-0.1, -0.05) is 47.0 Å². The van der Waals surface area contributed by atoms with Gasteiger partial charge < -0.3 is 9.64 Å². The van der Waals surface area contributed by atoms with Crippen molar-refractivity contribution in [1.82, 2.24) is 4.90 Å². The lowest BCUT2D eigenvalue weighted by atomic mass is 10.1. The van der Waals surface area contributed by atoms with Crippen molar-refractivity contribution in [3.63, 3.8) is 0 Å². The summed E-state index contributed by atoms with van der Waals surface area (Å²) in [5.41, 5.74) is 1.15. The zero-order valence-electron chi connectivity index (χ0n) is 11.6. The summed E-state index contributed by atoms with van der Waals surface area (Å²) >= 11 is 3.47. The average Bonchev–Trinajstić information content (AvgIpc) is 3.12. The van der Waals surface area contributed by atoms with Gasteiger partial charge in [0.25, 0.3) is 5.91 Å².